The maximum Gasteiger partial charge on any atom is 0.225 e. The van der Waals surface area contributed by atoms with Gasteiger partial charge in [-0.2, -0.15) is 0 Å². The Morgan fingerprint density at radius 3 is 2.37 bits per heavy atom. The summed E-state index contributed by atoms with van der Waals surface area (Å²) in [4.78, 5) is 11.1. The molecule has 0 amide bonds. The molecule has 0 bridgehead atoms. The zero-order valence-electron chi connectivity index (χ0n) is 13.0. The molecule has 0 radical (unpaired) electrons. The van der Waals surface area contributed by atoms with Crippen molar-refractivity contribution in [2.45, 2.75) is 53.1 Å². The van der Waals surface area contributed by atoms with Crippen LogP contribution in [0.4, 0.5) is 5.95 Å². The largest absolute Gasteiger partial charge is 0.341 e. The summed E-state index contributed by atoms with van der Waals surface area (Å²) in [7, 11) is 2.06. The van der Waals surface area contributed by atoms with Crippen LogP contribution >= 0.6 is 0 Å². The fraction of sp³-hybridized carbons (Fsp3) is 0.733. The summed E-state index contributed by atoms with van der Waals surface area (Å²) in [5, 5.41) is 3.40. The van der Waals surface area contributed by atoms with Crippen molar-refractivity contribution in [1.29, 1.82) is 0 Å². The van der Waals surface area contributed by atoms with Crippen LogP contribution in [0.25, 0.3) is 0 Å². The van der Waals surface area contributed by atoms with Crippen molar-refractivity contribution in [3.05, 3.63) is 18.0 Å². The molecule has 1 aromatic heterocycles. The maximum absolute atomic E-state index is 4.45. The molecular formula is C15H28N4. The Hall–Kier alpha value is -1.16. The van der Waals surface area contributed by atoms with Gasteiger partial charge in [0.25, 0.3) is 0 Å². The number of nitrogens with zero attached hydrogens (tertiary/aromatic N) is 3. The summed E-state index contributed by atoms with van der Waals surface area (Å²) in [6, 6.07) is 0.481. The van der Waals surface area contributed by atoms with Crippen LogP contribution < -0.4 is 10.2 Å². The number of hydrogen-bond acceptors (Lipinski definition) is 4. The van der Waals surface area contributed by atoms with E-state index in [1.165, 1.54) is 6.42 Å². The van der Waals surface area contributed by atoms with E-state index >= 15 is 0 Å². The second-order valence-electron chi connectivity index (χ2n) is 5.66. The van der Waals surface area contributed by atoms with Gasteiger partial charge in [-0.1, -0.05) is 27.2 Å². The van der Waals surface area contributed by atoms with Crippen LogP contribution in [0.5, 0.6) is 0 Å². The Kier molecular flexibility index (Phi) is 6.78. The van der Waals surface area contributed by atoms with E-state index in [9.17, 15) is 0 Å². The molecule has 108 valence electrons. The van der Waals surface area contributed by atoms with Gasteiger partial charge in [-0.3, -0.25) is 0 Å². The van der Waals surface area contributed by atoms with E-state index in [-0.39, 0.29) is 0 Å². The van der Waals surface area contributed by atoms with Crippen molar-refractivity contribution < 1.29 is 0 Å². The van der Waals surface area contributed by atoms with E-state index in [0.29, 0.717) is 12.0 Å². The minimum atomic E-state index is 0.481. The number of hydrogen-bond donors (Lipinski definition) is 1. The Bertz CT molecular complexity index is 348. The molecule has 0 aliphatic heterocycles. The predicted octanol–water partition coefficient (Wildman–Crippen LogP) is 2.85. The summed E-state index contributed by atoms with van der Waals surface area (Å²) in [5.41, 5.74) is 1.14. The molecule has 1 rings (SSSR count). The van der Waals surface area contributed by atoms with Crippen LogP contribution in [0.2, 0.25) is 0 Å². The Labute approximate surface area is 117 Å². The summed E-state index contributed by atoms with van der Waals surface area (Å²) in [6.45, 7) is 10.7. The van der Waals surface area contributed by atoms with Crippen molar-refractivity contribution in [2.75, 3.05) is 18.5 Å². The van der Waals surface area contributed by atoms with Gasteiger partial charge in [-0.05, 0) is 25.8 Å². The summed E-state index contributed by atoms with van der Waals surface area (Å²) >= 11 is 0. The van der Waals surface area contributed by atoms with Crippen molar-refractivity contribution in [2.24, 2.45) is 5.92 Å². The van der Waals surface area contributed by atoms with Gasteiger partial charge in [0.05, 0.1) is 0 Å². The van der Waals surface area contributed by atoms with Crippen LogP contribution in [0.1, 0.15) is 46.1 Å². The van der Waals surface area contributed by atoms with Crippen LogP contribution in [-0.2, 0) is 6.54 Å². The van der Waals surface area contributed by atoms with E-state index in [4.69, 9.17) is 0 Å². The first-order valence-corrected chi connectivity index (χ1v) is 7.29. The van der Waals surface area contributed by atoms with Gasteiger partial charge in [0, 0.05) is 37.6 Å². The first-order valence-electron chi connectivity index (χ1n) is 7.29. The smallest absolute Gasteiger partial charge is 0.225 e. The third kappa shape index (κ3) is 5.55. The van der Waals surface area contributed by atoms with Gasteiger partial charge in [-0.25, -0.2) is 9.97 Å². The van der Waals surface area contributed by atoms with Gasteiger partial charge in [0.1, 0.15) is 0 Å². The number of aromatic nitrogens is 2. The molecule has 4 nitrogen and oxygen atoms in total. The highest BCUT2D eigenvalue weighted by atomic mass is 15.2. The molecule has 0 saturated carbocycles. The summed E-state index contributed by atoms with van der Waals surface area (Å²) in [6.07, 6.45) is 6.19. The van der Waals surface area contributed by atoms with Crippen LogP contribution in [0.3, 0.4) is 0 Å². The molecule has 0 aliphatic rings. The highest BCUT2D eigenvalue weighted by Gasteiger charge is 2.11. The molecule has 1 unspecified atom stereocenters. The molecule has 0 fully saturated rings. The molecule has 19 heavy (non-hydrogen) atoms. The number of anilines is 1. The fourth-order valence-electron chi connectivity index (χ4n) is 1.94. The monoisotopic (exact) mass is 264 g/mol. The lowest BCUT2D eigenvalue weighted by Gasteiger charge is -2.24. The normalized spacial score (nSPS) is 12.7. The van der Waals surface area contributed by atoms with E-state index in [2.05, 4.69) is 54.9 Å². The Morgan fingerprint density at radius 2 is 1.84 bits per heavy atom. The van der Waals surface area contributed by atoms with Crippen molar-refractivity contribution in [3.8, 4) is 0 Å². The lowest BCUT2D eigenvalue weighted by atomic mass is 10.2. The first-order chi connectivity index (χ1) is 9.04. The van der Waals surface area contributed by atoms with Crippen molar-refractivity contribution in [3.63, 3.8) is 0 Å². The third-order valence-corrected chi connectivity index (χ3v) is 3.26. The van der Waals surface area contributed by atoms with Crippen LogP contribution in [-0.4, -0.2) is 29.6 Å². The minimum absolute atomic E-state index is 0.481. The summed E-state index contributed by atoms with van der Waals surface area (Å²) < 4.78 is 0. The van der Waals surface area contributed by atoms with Crippen LogP contribution in [0, 0.1) is 5.92 Å². The minimum Gasteiger partial charge on any atom is -0.341 e. The quantitative estimate of drug-likeness (QED) is 0.784. The first kappa shape index (κ1) is 15.9. The fourth-order valence-corrected chi connectivity index (χ4v) is 1.94. The molecule has 0 aliphatic carbocycles. The molecule has 1 atom stereocenters. The zero-order valence-corrected chi connectivity index (χ0v) is 13.0. The second kappa shape index (κ2) is 8.10. The van der Waals surface area contributed by atoms with Crippen molar-refractivity contribution >= 4 is 5.95 Å². The molecule has 4 heteroatoms. The number of nitrogens with one attached hydrogen (secondary N) is 1. The van der Waals surface area contributed by atoms with E-state index in [0.717, 1.165) is 31.0 Å². The van der Waals surface area contributed by atoms with E-state index in [1.54, 1.807) is 0 Å². The second-order valence-corrected chi connectivity index (χ2v) is 5.66. The van der Waals surface area contributed by atoms with Gasteiger partial charge in [0.15, 0.2) is 0 Å². The van der Waals surface area contributed by atoms with Crippen molar-refractivity contribution in [1.82, 2.24) is 15.3 Å². The SMILES string of the molecule is CCCC(C)N(C)c1ncc(CNCC(C)C)cn1. The topological polar surface area (TPSA) is 41.1 Å². The predicted molar refractivity (Wildman–Crippen MR) is 81.3 cm³/mol. The molecule has 0 spiro atoms. The average Bonchev–Trinajstić information content (AvgIpc) is 2.38. The maximum atomic E-state index is 4.45. The lowest BCUT2D eigenvalue weighted by Crippen LogP contribution is -2.30. The van der Waals surface area contributed by atoms with Gasteiger partial charge in [-0.15, -0.1) is 0 Å². The highest BCUT2D eigenvalue weighted by molar-refractivity contribution is 5.29. The standard InChI is InChI=1S/C15H28N4/c1-6-7-13(4)19(5)15-17-10-14(11-18-15)9-16-8-12(2)3/h10-13,16H,6-9H2,1-5H3. The molecule has 1 heterocycles. The van der Waals surface area contributed by atoms with Gasteiger partial charge >= 0.3 is 0 Å². The lowest BCUT2D eigenvalue weighted by molar-refractivity contribution is 0.550. The Balaban J connectivity index is 2.51. The number of rotatable bonds is 8. The average molecular weight is 264 g/mol. The molecule has 0 aromatic carbocycles. The molecule has 1 aromatic rings. The molecule has 1 N–H and O–H groups in total. The van der Waals surface area contributed by atoms with E-state index in [1.807, 2.05) is 12.4 Å². The van der Waals surface area contributed by atoms with Gasteiger partial charge in [0.2, 0.25) is 5.95 Å². The third-order valence-electron chi connectivity index (χ3n) is 3.26. The zero-order chi connectivity index (χ0) is 14.3. The van der Waals surface area contributed by atoms with Crippen LogP contribution in [0.15, 0.2) is 12.4 Å². The van der Waals surface area contributed by atoms with Gasteiger partial charge < -0.3 is 10.2 Å². The Morgan fingerprint density at radius 1 is 1.21 bits per heavy atom. The molecular weight excluding hydrogens is 236 g/mol. The summed E-state index contributed by atoms with van der Waals surface area (Å²) in [5.74, 6) is 1.48. The molecule has 0 saturated heterocycles. The van der Waals surface area contributed by atoms with E-state index < -0.39 is 0 Å². The highest BCUT2D eigenvalue weighted by Crippen LogP contribution is 2.12.